The van der Waals surface area contributed by atoms with Crippen molar-refractivity contribution in [3.05, 3.63) is 64.6 Å². The van der Waals surface area contributed by atoms with Gasteiger partial charge in [-0.1, -0.05) is 30.3 Å². The summed E-state index contributed by atoms with van der Waals surface area (Å²) in [4.78, 5) is 23.5. The average Bonchev–Trinajstić information content (AvgIpc) is 2.45. The Morgan fingerprint density at radius 1 is 1.26 bits per heavy atom. The van der Waals surface area contributed by atoms with Crippen LogP contribution in [0.25, 0.3) is 0 Å². The quantitative estimate of drug-likeness (QED) is 0.892. The van der Waals surface area contributed by atoms with Crippen LogP contribution in [0.5, 0.6) is 0 Å². The van der Waals surface area contributed by atoms with Crippen LogP contribution in [-0.2, 0) is 11.3 Å². The smallest absolute Gasteiger partial charge is 0.267 e. The Balaban J connectivity index is 2.01. The number of nitrogens with one attached hydrogen (secondary N) is 1. The molecule has 0 aliphatic heterocycles. The third-order valence-electron chi connectivity index (χ3n) is 2.80. The molecule has 1 amide bonds. The highest BCUT2D eigenvalue weighted by Crippen LogP contribution is 2.02. The highest BCUT2D eigenvalue weighted by atomic mass is 16.2. The van der Waals surface area contributed by atoms with E-state index in [4.69, 9.17) is 0 Å². The zero-order valence-corrected chi connectivity index (χ0v) is 10.6. The van der Waals surface area contributed by atoms with Crippen LogP contribution in [-0.4, -0.2) is 15.7 Å². The molecule has 0 aliphatic carbocycles. The number of rotatable bonds is 4. The maximum atomic E-state index is 12.0. The van der Waals surface area contributed by atoms with Gasteiger partial charge in [0.25, 0.3) is 5.56 Å². The first-order valence-corrected chi connectivity index (χ1v) is 6.04. The fourth-order valence-electron chi connectivity index (χ4n) is 1.70. The number of amides is 1. The number of nitrogens with zero attached hydrogens (tertiary/aromatic N) is 2. The van der Waals surface area contributed by atoms with Gasteiger partial charge in [-0.3, -0.25) is 9.59 Å². The first-order valence-electron chi connectivity index (χ1n) is 6.04. The van der Waals surface area contributed by atoms with Crippen LogP contribution >= 0.6 is 0 Å². The Morgan fingerprint density at radius 3 is 2.68 bits per heavy atom. The van der Waals surface area contributed by atoms with Gasteiger partial charge in [0.05, 0.1) is 0 Å². The minimum Gasteiger partial charge on any atom is -0.350 e. The number of hydrogen-bond acceptors (Lipinski definition) is 3. The Kier molecular flexibility index (Phi) is 4.07. The monoisotopic (exact) mass is 257 g/mol. The first kappa shape index (κ1) is 13.0. The van der Waals surface area contributed by atoms with Crippen LogP contribution in [0.3, 0.4) is 0 Å². The molecular weight excluding hydrogens is 242 g/mol. The zero-order valence-electron chi connectivity index (χ0n) is 10.6. The maximum absolute atomic E-state index is 12.0. The van der Waals surface area contributed by atoms with Gasteiger partial charge in [-0.15, -0.1) is 0 Å². The first-order chi connectivity index (χ1) is 9.18. The molecule has 5 heteroatoms. The molecule has 0 radical (unpaired) electrons. The van der Waals surface area contributed by atoms with E-state index in [1.54, 1.807) is 13.0 Å². The van der Waals surface area contributed by atoms with Crippen molar-refractivity contribution < 1.29 is 4.79 Å². The van der Waals surface area contributed by atoms with Gasteiger partial charge in [0, 0.05) is 18.8 Å². The molecule has 1 aromatic heterocycles. The third-order valence-corrected chi connectivity index (χ3v) is 2.80. The van der Waals surface area contributed by atoms with Gasteiger partial charge < -0.3 is 5.32 Å². The Morgan fingerprint density at radius 2 is 2.00 bits per heavy atom. The second kappa shape index (κ2) is 5.95. The van der Waals surface area contributed by atoms with Crippen molar-refractivity contribution in [3.8, 4) is 0 Å². The maximum Gasteiger partial charge on any atom is 0.267 e. The summed E-state index contributed by atoms with van der Waals surface area (Å²) in [5, 5.41) is 6.68. The van der Waals surface area contributed by atoms with E-state index in [1.807, 2.05) is 30.3 Å². The van der Waals surface area contributed by atoms with Crippen LogP contribution in [0.15, 0.2) is 53.5 Å². The number of hydrogen-bond donors (Lipinski definition) is 1. The van der Waals surface area contributed by atoms with E-state index in [9.17, 15) is 9.59 Å². The van der Waals surface area contributed by atoms with Crippen molar-refractivity contribution in [3.63, 3.8) is 0 Å². The zero-order chi connectivity index (χ0) is 13.7. The molecule has 0 saturated carbocycles. The number of benzene rings is 1. The Labute approximate surface area is 110 Å². The minimum atomic E-state index is -0.627. The lowest BCUT2D eigenvalue weighted by Crippen LogP contribution is -2.36. The highest BCUT2D eigenvalue weighted by molar-refractivity contribution is 5.79. The molecule has 19 heavy (non-hydrogen) atoms. The molecule has 1 aromatic carbocycles. The summed E-state index contributed by atoms with van der Waals surface area (Å²) in [5.74, 6) is -0.232. The summed E-state index contributed by atoms with van der Waals surface area (Å²) in [6.07, 6.45) is 1.49. The summed E-state index contributed by atoms with van der Waals surface area (Å²) in [6.45, 7) is 2.08. The van der Waals surface area contributed by atoms with Gasteiger partial charge in [0.2, 0.25) is 5.91 Å². The van der Waals surface area contributed by atoms with Crippen LogP contribution in [0.1, 0.15) is 18.5 Å². The molecule has 0 aliphatic rings. The van der Waals surface area contributed by atoms with E-state index in [0.717, 1.165) is 5.56 Å². The molecule has 0 saturated heterocycles. The van der Waals surface area contributed by atoms with Crippen molar-refractivity contribution in [2.45, 2.75) is 19.5 Å². The summed E-state index contributed by atoms with van der Waals surface area (Å²) < 4.78 is 1.17. The SMILES string of the molecule is CC(C(=O)NCc1ccccc1)n1ncccc1=O. The second-order valence-electron chi connectivity index (χ2n) is 4.19. The summed E-state index contributed by atoms with van der Waals surface area (Å²) >= 11 is 0. The minimum absolute atomic E-state index is 0.232. The van der Waals surface area contributed by atoms with Crippen molar-refractivity contribution >= 4 is 5.91 Å². The lowest BCUT2D eigenvalue weighted by atomic mass is 10.2. The molecule has 0 bridgehead atoms. The third kappa shape index (κ3) is 3.28. The van der Waals surface area contributed by atoms with Crippen LogP contribution in [0, 0.1) is 0 Å². The Bertz CT molecular complexity index is 607. The molecule has 1 atom stereocenters. The van der Waals surface area contributed by atoms with Gasteiger partial charge in [0.1, 0.15) is 6.04 Å². The Hall–Kier alpha value is -2.43. The molecule has 1 N–H and O–H groups in total. The molecule has 2 aromatic rings. The van der Waals surface area contributed by atoms with E-state index in [2.05, 4.69) is 10.4 Å². The summed E-state index contributed by atoms with van der Waals surface area (Å²) in [5.41, 5.74) is 0.723. The van der Waals surface area contributed by atoms with E-state index in [-0.39, 0.29) is 11.5 Å². The predicted molar refractivity (Wildman–Crippen MR) is 71.5 cm³/mol. The van der Waals surface area contributed by atoms with Gasteiger partial charge >= 0.3 is 0 Å². The number of carbonyl (C=O) groups is 1. The molecule has 1 unspecified atom stereocenters. The van der Waals surface area contributed by atoms with Crippen LogP contribution in [0.4, 0.5) is 0 Å². The predicted octanol–water partition coefficient (Wildman–Crippen LogP) is 1.12. The van der Waals surface area contributed by atoms with Crippen LogP contribution < -0.4 is 10.9 Å². The molecular formula is C14H15N3O2. The van der Waals surface area contributed by atoms with E-state index in [0.29, 0.717) is 6.54 Å². The average molecular weight is 257 g/mol. The van der Waals surface area contributed by atoms with Crippen molar-refractivity contribution in [1.82, 2.24) is 15.1 Å². The van der Waals surface area contributed by atoms with E-state index >= 15 is 0 Å². The normalized spacial score (nSPS) is 11.8. The standard InChI is InChI=1S/C14H15N3O2/c1-11(17-13(18)8-5-9-16-17)14(19)15-10-12-6-3-2-4-7-12/h2-9,11H,10H2,1H3,(H,15,19). The van der Waals surface area contributed by atoms with E-state index < -0.39 is 6.04 Å². The molecule has 1 heterocycles. The molecule has 98 valence electrons. The summed E-state index contributed by atoms with van der Waals surface area (Å²) in [6, 6.07) is 11.9. The lowest BCUT2D eigenvalue weighted by molar-refractivity contribution is -0.124. The number of carbonyl (C=O) groups excluding carboxylic acids is 1. The topological polar surface area (TPSA) is 64.0 Å². The molecule has 5 nitrogen and oxygen atoms in total. The molecule has 0 fully saturated rings. The summed E-state index contributed by atoms with van der Waals surface area (Å²) in [7, 11) is 0. The van der Waals surface area contributed by atoms with Crippen molar-refractivity contribution in [1.29, 1.82) is 0 Å². The van der Waals surface area contributed by atoms with Crippen molar-refractivity contribution in [2.24, 2.45) is 0 Å². The fraction of sp³-hybridized carbons (Fsp3) is 0.214. The highest BCUT2D eigenvalue weighted by Gasteiger charge is 2.16. The van der Waals surface area contributed by atoms with Gasteiger partial charge in [0.15, 0.2) is 0 Å². The molecule has 0 spiro atoms. The lowest BCUT2D eigenvalue weighted by Gasteiger charge is -2.13. The number of aromatic nitrogens is 2. The fourth-order valence-corrected chi connectivity index (χ4v) is 1.70. The van der Waals surface area contributed by atoms with Gasteiger partial charge in [-0.25, -0.2) is 4.68 Å². The van der Waals surface area contributed by atoms with E-state index in [1.165, 1.54) is 16.9 Å². The van der Waals surface area contributed by atoms with Gasteiger partial charge in [-0.05, 0) is 18.6 Å². The van der Waals surface area contributed by atoms with Crippen molar-refractivity contribution in [2.75, 3.05) is 0 Å². The second-order valence-corrected chi connectivity index (χ2v) is 4.19. The van der Waals surface area contributed by atoms with Gasteiger partial charge in [-0.2, -0.15) is 5.10 Å². The largest absolute Gasteiger partial charge is 0.350 e. The molecule has 2 rings (SSSR count). The van der Waals surface area contributed by atoms with Crippen LogP contribution in [0.2, 0.25) is 0 Å².